The van der Waals surface area contributed by atoms with Crippen molar-refractivity contribution in [2.24, 2.45) is 0 Å². The number of aromatic hydroxyl groups is 1. The number of carbonyl (C=O) groups excluding carboxylic acids is 1. The van der Waals surface area contributed by atoms with Crippen molar-refractivity contribution < 1.29 is 19.7 Å². The van der Waals surface area contributed by atoms with Gasteiger partial charge in [-0.2, -0.15) is 0 Å². The van der Waals surface area contributed by atoms with Crippen LogP contribution in [-0.4, -0.2) is 77.3 Å². The summed E-state index contributed by atoms with van der Waals surface area (Å²) in [5.41, 5.74) is 0.269. The van der Waals surface area contributed by atoms with E-state index in [1.54, 1.807) is 6.07 Å². The molecule has 0 bridgehead atoms. The molecule has 0 amide bonds. The van der Waals surface area contributed by atoms with Gasteiger partial charge in [0.1, 0.15) is 24.2 Å². The molecule has 2 rings (SSSR count). The van der Waals surface area contributed by atoms with E-state index < -0.39 is 6.10 Å². The lowest BCUT2D eigenvalue weighted by molar-refractivity contribution is 0.0399. The van der Waals surface area contributed by atoms with E-state index >= 15 is 0 Å². The molecular formula is C18H28N2O4. The van der Waals surface area contributed by atoms with Crippen molar-refractivity contribution in [3.63, 3.8) is 0 Å². The molecule has 0 radical (unpaired) electrons. The van der Waals surface area contributed by atoms with Crippen LogP contribution in [0.3, 0.4) is 0 Å². The Balaban J connectivity index is 1.76. The molecular weight excluding hydrogens is 308 g/mol. The van der Waals surface area contributed by atoms with E-state index in [-0.39, 0.29) is 23.7 Å². The third-order valence-electron chi connectivity index (χ3n) is 4.40. The quantitative estimate of drug-likeness (QED) is 0.733. The number of hydrogen-bond donors (Lipinski definition) is 2. The molecule has 2 N–H and O–H groups in total. The van der Waals surface area contributed by atoms with Crippen LogP contribution >= 0.6 is 0 Å². The van der Waals surface area contributed by atoms with Crippen molar-refractivity contribution in [1.82, 2.24) is 9.80 Å². The topological polar surface area (TPSA) is 73.2 Å². The number of phenolic OH excluding ortho intramolecular Hbond substituents is 1. The highest BCUT2D eigenvalue weighted by Crippen LogP contribution is 2.24. The van der Waals surface area contributed by atoms with Crippen LogP contribution in [0.5, 0.6) is 11.5 Å². The average molecular weight is 336 g/mol. The van der Waals surface area contributed by atoms with E-state index in [1.165, 1.54) is 19.1 Å². The van der Waals surface area contributed by atoms with Crippen LogP contribution in [-0.2, 0) is 0 Å². The number of phenols is 1. The highest BCUT2D eigenvalue weighted by molar-refractivity contribution is 5.96. The number of β-amino-alcohol motifs (C(OH)–C–C–N with tert-alkyl or cyclic N) is 1. The first-order valence-electron chi connectivity index (χ1n) is 8.48. The third-order valence-corrected chi connectivity index (χ3v) is 4.40. The van der Waals surface area contributed by atoms with Crippen molar-refractivity contribution in [1.29, 1.82) is 0 Å². The molecule has 1 atom stereocenters. The van der Waals surface area contributed by atoms with E-state index in [0.717, 1.165) is 26.2 Å². The summed E-state index contributed by atoms with van der Waals surface area (Å²) in [4.78, 5) is 15.9. The Kier molecular flexibility index (Phi) is 6.60. The molecule has 0 aromatic heterocycles. The van der Waals surface area contributed by atoms with E-state index in [4.69, 9.17) is 4.74 Å². The van der Waals surface area contributed by atoms with Gasteiger partial charge in [0.2, 0.25) is 0 Å². The van der Waals surface area contributed by atoms with Crippen molar-refractivity contribution in [2.75, 3.05) is 39.3 Å². The van der Waals surface area contributed by atoms with Gasteiger partial charge in [-0.1, -0.05) is 0 Å². The summed E-state index contributed by atoms with van der Waals surface area (Å²) in [7, 11) is 0. The highest BCUT2D eigenvalue weighted by atomic mass is 16.5. The number of benzene rings is 1. The Hall–Kier alpha value is -1.63. The molecule has 134 valence electrons. The standard InChI is InChI=1S/C18H28N2O4/c1-13(2)20-8-6-19(7-9-20)11-15(22)12-24-16-4-5-17(14(3)21)18(23)10-16/h4-5,10,13,15,22-23H,6-9,11-12H2,1-3H3/t15-/m0/s1. The molecule has 0 unspecified atom stereocenters. The summed E-state index contributed by atoms with van der Waals surface area (Å²) >= 11 is 0. The van der Waals surface area contributed by atoms with Gasteiger partial charge in [0.05, 0.1) is 5.56 Å². The molecule has 24 heavy (non-hydrogen) atoms. The van der Waals surface area contributed by atoms with Crippen LogP contribution in [0.1, 0.15) is 31.1 Å². The van der Waals surface area contributed by atoms with Gasteiger partial charge < -0.3 is 14.9 Å². The first kappa shape index (κ1) is 18.7. The van der Waals surface area contributed by atoms with Gasteiger partial charge in [0, 0.05) is 44.8 Å². The molecule has 1 aliphatic heterocycles. The zero-order valence-corrected chi connectivity index (χ0v) is 14.7. The fourth-order valence-electron chi connectivity index (χ4n) is 2.90. The zero-order chi connectivity index (χ0) is 17.7. The monoisotopic (exact) mass is 336 g/mol. The molecule has 6 nitrogen and oxygen atoms in total. The maximum atomic E-state index is 11.3. The number of Topliss-reactive ketones (excluding diaryl/α,β-unsaturated/α-hetero) is 1. The second kappa shape index (κ2) is 8.46. The van der Waals surface area contributed by atoms with E-state index in [0.29, 0.717) is 18.3 Å². The number of nitrogens with zero attached hydrogens (tertiary/aromatic N) is 2. The minimum atomic E-state index is -0.592. The zero-order valence-electron chi connectivity index (χ0n) is 14.7. The molecule has 1 saturated heterocycles. The van der Waals surface area contributed by atoms with E-state index in [2.05, 4.69) is 23.6 Å². The summed E-state index contributed by atoms with van der Waals surface area (Å²) < 4.78 is 5.53. The Bertz CT molecular complexity index is 554. The molecule has 0 aliphatic carbocycles. The van der Waals surface area contributed by atoms with Crippen LogP contribution in [0.15, 0.2) is 18.2 Å². The first-order valence-corrected chi connectivity index (χ1v) is 8.48. The third kappa shape index (κ3) is 5.19. The number of piperazine rings is 1. The molecule has 0 spiro atoms. The van der Waals surface area contributed by atoms with Gasteiger partial charge in [0.25, 0.3) is 0 Å². The summed E-state index contributed by atoms with van der Waals surface area (Å²) in [6, 6.07) is 5.13. The number of aliphatic hydroxyl groups is 1. The number of ketones is 1. The lowest BCUT2D eigenvalue weighted by atomic mass is 10.1. The van der Waals surface area contributed by atoms with E-state index in [9.17, 15) is 15.0 Å². The van der Waals surface area contributed by atoms with Gasteiger partial charge in [-0.05, 0) is 32.9 Å². The summed E-state index contributed by atoms with van der Waals surface area (Å²) in [6.45, 7) is 10.5. The van der Waals surface area contributed by atoms with Gasteiger partial charge in [-0.3, -0.25) is 14.6 Å². The summed E-state index contributed by atoms with van der Waals surface area (Å²) in [5, 5.41) is 19.9. The van der Waals surface area contributed by atoms with Crippen molar-refractivity contribution in [3.05, 3.63) is 23.8 Å². The van der Waals surface area contributed by atoms with Crippen LogP contribution in [0, 0.1) is 0 Å². The largest absolute Gasteiger partial charge is 0.507 e. The number of rotatable bonds is 7. The SMILES string of the molecule is CC(=O)c1ccc(OC[C@@H](O)CN2CCN(C(C)C)CC2)cc1O. The lowest BCUT2D eigenvalue weighted by Gasteiger charge is -2.37. The summed E-state index contributed by atoms with van der Waals surface area (Å²) in [6.07, 6.45) is -0.592. The maximum Gasteiger partial charge on any atom is 0.163 e. The lowest BCUT2D eigenvalue weighted by Crippen LogP contribution is -2.51. The Morgan fingerprint density at radius 1 is 1.25 bits per heavy atom. The molecule has 1 aliphatic rings. The van der Waals surface area contributed by atoms with Crippen molar-refractivity contribution in [3.8, 4) is 11.5 Å². The fraction of sp³-hybridized carbons (Fsp3) is 0.611. The predicted molar refractivity (Wildman–Crippen MR) is 92.8 cm³/mol. The van der Waals surface area contributed by atoms with Crippen molar-refractivity contribution in [2.45, 2.75) is 32.9 Å². The molecule has 1 aromatic carbocycles. The van der Waals surface area contributed by atoms with Gasteiger partial charge >= 0.3 is 0 Å². The smallest absolute Gasteiger partial charge is 0.163 e. The number of carbonyl (C=O) groups is 1. The maximum absolute atomic E-state index is 11.3. The number of ether oxygens (including phenoxy) is 1. The second-order valence-corrected chi connectivity index (χ2v) is 6.63. The highest BCUT2D eigenvalue weighted by Gasteiger charge is 2.20. The molecule has 1 aromatic rings. The molecule has 0 saturated carbocycles. The van der Waals surface area contributed by atoms with Crippen LogP contribution in [0.2, 0.25) is 0 Å². The average Bonchev–Trinajstić information content (AvgIpc) is 2.53. The Morgan fingerprint density at radius 2 is 1.92 bits per heavy atom. The Morgan fingerprint density at radius 3 is 2.46 bits per heavy atom. The van der Waals surface area contributed by atoms with Gasteiger partial charge in [-0.25, -0.2) is 0 Å². The number of hydrogen-bond acceptors (Lipinski definition) is 6. The normalized spacial score (nSPS) is 17.9. The molecule has 1 fully saturated rings. The fourth-order valence-corrected chi connectivity index (χ4v) is 2.90. The Labute approximate surface area is 143 Å². The number of aliphatic hydroxyl groups excluding tert-OH is 1. The van der Waals surface area contributed by atoms with Crippen LogP contribution in [0.25, 0.3) is 0 Å². The second-order valence-electron chi connectivity index (χ2n) is 6.63. The molecule has 6 heteroatoms. The predicted octanol–water partition coefficient (Wildman–Crippen LogP) is 1.36. The summed E-state index contributed by atoms with van der Waals surface area (Å²) in [5.74, 6) is 0.153. The molecule has 1 heterocycles. The van der Waals surface area contributed by atoms with Crippen LogP contribution < -0.4 is 4.74 Å². The van der Waals surface area contributed by atoms with Gasteiger partial charge in [0.15, 0.2) is 5.78 Å². The van der Waals surface area contributed by atoms with E-state index in [1.807, 2.05) is 0 Å². The van der Waals surface area contributed by atoms with Crippen molar-refractivity contribution >= 4 is 5.78 Å². The minimum absolute atomic E-state index is 0.0979. The van der Waals surface area contributed by atoms with Crippen LogP contribution in [0.4, 0.5) is 0 Å². The minimum Gasteiger partial charge on any atom is -0.507 e. The van der Waals surface area contributed by atoms with Gasteiger partial charge in [-0.15, -0.1) is 0 Å². The first-order chi connectivity index (χ1) is 11.4.